The molecule has 6 nitrogen and oxygen atoms in total. The van der Waals surface area contributed by atoms with Gasteiger partial charge in [0.15, 0.2) is 12.1 Å². The molecule has 0 aromatic heterocycles. The Kier molecular flexibility index (Phi) is 3.18. The van der Waals surface area contributed by atoms with Gasteiger partial charge in [0.05, 0.1) is 6.42 Å². The average Bonchev–Trinajstić information content (AvgIpc) is 2.82. The Hall–Kier alpha value is -1.21. The number of nitrogens with one attached hydrogen (secondary N) is 1. The zero-order valence-electron chi connectivity index (χ0n) is 10.8. The topological polar surface area (TPSA) is 84.9 Å². The Morgan fingerprint density at radius 1 is 1.37 bits per heavy atom. The van der Waals surface area contributed by atoms with Crippen molar-refractivity contribution < 1.29 is 24.0 Å². The molecule has 2 heterocycles. The largest absolute Gasteiger partial charge is 0.617 e. The molecule has 3 rings (SSSR count). The van der Waals surface area contributed by atoms with Gasteiger partial charge in [0.25, 0.3) is 0 Å². The summed E-state index contributed by atoms with van der Waals surface area (Å²) in [7, 11) is 0. The number of fused-ring (bicyclic) bond motifs is 1. The van der Waals surface area contributed by atoms with Crippen LogP contribution in [0.3, 0.4) is 0 Å². The van der Waals surface area contributed by atoms with E-state index >= 15 is 0 Å². The summed E-state index contributed by atoms with van der Waals surface area (Å²) >= 11 is 0. The van der Waals surface area contributed by atoms with E-state index in [0.717, 1.165) is 25.7 Å². The molecular weight excluding hydrogens is 249 g/mol. The van der Waals surface area contributed by atoms with Crippen LogP contribution in [0.4, 0.5) is 4.79 Å². The molecule has 2 aliphatic heterocycles. The Labute approximate surface area is 111 Å². The molecule has 0 radical (unpaired) electrons. The van der Waals surface area contributed by atoms with Gasteiger partial charge in [-0.25, -0.2) is 0 Å². The lowest BCUT2D eigenvalue weighted by Gasteiger charge is -2.29. The van der Waals surface area contributed by atoms with E-state index in [4.69, 9.17) is 9.31 Å². The van der Waals surface area contributed by atoms with Gasteiger partial charge in [-0.15, -0.1) is 0 Å². The maximum atomic E-state index is 12.4. The van der Waals surface area contributed by atoms with E-state index in [2.05, 4.69) is 5.32 Å². The minimum atomic E-state index is -2.43. The summed E-state index contributed by atoms with van der Waals surface area (Å²) in [5, 5.41) is 12.5. The molecule has 0 bridgehead atoms. The first-order chi connectivity index (χ1) is 9.10. The van der Waals surface area contributed by atoms with Crippen LogP contribution in [0.15, 0.2) is 0 Å². The van der Waals surface area contributed by atoms with Crippen LogP contribution in [-0.2, 0) is 14.1 Å². The van der Waals surface area contributed by atoms with Crippen molar-refractivity contribution in [2.75, 3.05) is 0 Å². The van der Waals surface area contributed by atoms with E-state index in [0.29, 0.717) is 5.82 Å². The van der Waals surface area contributed by atoms with Crippen LogP contribution in [0.25, 0.3) is 0 Å². The zero-order valence-corrected chi connectivity index (χ0v) is 10.8. The van der Waals surface area contributed by atoms with E-state index in [1.54, 1.807) is 0 Å². The summed E-state index contributed by atoms with van der Waals surface area (Å²) in [6.45, 7) is -2.43. The number of rotatable bonds is 2. The number of carbonyl (C=O) groups is 2. The molecule has 2 unspecified atom stereocenters. The smallest absolute Gasteiger partial charge is 0.589 e. The SMILES string of the molecule is O=C1C[C+]2CC(O)O[B-]2(C(=O)NC2CCCCC2)O1. The number of aliphatic hydroxyl groups is 1. The third-order valence-electron chi connectivity index (χ3n) is 4.29. The van der Waals surface area contributed by atoms with Gasteiger partial charge in [0.2, 0.25) is 0 Å². The molecule has 1 amide bonds. The van der Waals surface area contributed by atoms with Gasteiger partial charge in [-0.05, 0) is 18.7 Å². The predicted molar refractivity (Wildman–Crippen MR) is 66.8 cm³/mol. The van der Waals surface area contributed by atoms with E-state index in [1.165, 1.54) is 6.42 Å². The van der Waals surface area contributed by atoms with Crippen LogP contribution in [0.1, 0.15) is 44.9 Å². The molecule has 1 aliphatic carbocycles. The standard InChI is InChI=1S/C12H18BNO5/c15-10-6-8-7-11(16)19-13(8,18-10)12(17)14-9-4-2-1-3-5-9/h9-10,15H,1-7H2,(H,14,17). The van der Waals surface area contributed by atoms with Crippen LogP contribution in [0, 0.1) is 5.82 Å². The Balaban J connectivity index is 1.71. The molecule has 2 N–H and O–H groups in total. The lowest BCUT2D eigenvalue weighted by molar-refractivity contribution is -0.135. The lowest BCUT2D eigenvalue weighted by Crippen LogP contribution is -2.57. The first kappa shape index (κ1) is 12.8. The quantitative estimate of drug-likeness (QED) is 0.572. The molecule has 3 fully saturated rings. The van der Waals surface area contributed by atoms with Crippen LogP contribution in [0.5, 0.6) is 0 Å². The van der Waals surface area contributed by atoms with E-state index in [-0.39, 0.29) is 24.7 Å². The van der Waals surface area contributed by atoms with E-state index in [9.17, 15) is 14.7 Å². The maximum absolute atomic E-state index is 12.4. The second-order valence-corrected chi connectivity index (χ2v) is 5.68. The predicted octanol–water partition coefficient (Wildman–Crippen LogP) is 0.852. The van der Waals surface area contributed by atoms with Gasteiger partial charge in [-0.2, -0.15) is 0 Å². The van der Waals surface area contributed by atoms with Gasteiger partial charge in [-0.3, -0.25) is 4.79 Å². The Morgan fingerprint density at radius 3 is 2.84 bits per heavy atom. The van der Waals surface area contributed by atoms with Crippen LogP contribution < -0.4 is 5.32 Å². The number of amides is 1. The summed E-state index contributed by atoms with van der Waals surface area (Å²) in [4.78, 5) is 23.8. The fourth-order valence-electron chi connectivity index (χ4n) is 3.33. The molecule has 2 saturated heterocycles. The third kappa shape index (κ3) is 2.21. The fourth-order valence-corrected chi connectivity index (χ4v) is 3.33. The number of aliphatic hydroxyl groups excluding tert-OH is 1. The Bertz CT molecular complexity index is 398. The third-order valence-corrected chi connectivity index (χ3v) is 4.29. The maximum Gasteiger partial charge on any atom is 0.589 e. The molecule has 7 heteroatoms. The molecule has 19 heavy (non-hydrogen) atoms. The lowest BCUT2D eigenvalue weighted by atomic mass is 9.47. The van der Waals surface area contributed by atoms with Crippen molar-refractivity contribution in [3.05, 3.63) is 5.82 Å². The number of hydrogen-bond acceptors (Lipinski definition) is 5. The molecule has 2 atom stereocenters. The molecule has 0 aromatic rings. The monoisotopic (exact) mass is 267 g/mol. The highest BCUT2D eigenvalue weighted by Gasteiger charge is 2.68. The highest BCUT2D eigenvalue weighted by Crippen LogP contribution is 2.42. The second kappa shape index (κ2) is 4.72. The van der Waals surface area contributed by atoms with Gasteiger partial charge < -0.3 is 24.5 Å². The van der Waals surface area contributed by atoms with E-state index < -0.39 is 18.8 Å². The first-order valence-corrected chi connectivity index (χ1v) is 6.98. The van der Waals surface area contributed by atoms with Crippen molar-refractivity contribution in [3.8, 4) is 0 Å². The number of hydrogen-bond donors (Lipinski definition) is 2. The molecule has 1 saturated carbocycles. The minimum absolute atomic E-state index is 0.0785. The summed E-state index contributed by atoms with van der Waals surface area (Å²) in [5.74, 6) is -0.240. The summed E-state index contributed by atoms with van der Waals surface area (Å²) in [6.07, 6.45) is 4.55. The molecule has 3 aliphatic rings. The fraction of sp³-hybridized carbons (Fsp3) is 0.750. The Morgan fingerprint density at radius 2 is 2.11 bits per heavy atom. The highest BCUT2D eigenvalue weighted by molar-refractivity contribution is 7.02. The minimum Gasteiger partial charge on any atom is -0.617 e. The van der Waals surface area contributed by atoms with E-state index in [1.807, 2.05) is 0 Å². The van der Waals surface area contributed by atoms with Crippen LogP contribution >= 0.6 is 0 Å². The highest BCUT2D eigenvalue weighted by atomic mass is 16.7. The van der Waals surface area contributed by atoms with Crippen LogP contribution in [-0.4, -0.2) is 35.8 Å². The first-order valence-electron chi connectivity index (χ1n) is 6.98. The molecule has 0 aromatic carbocycles. The molecule has 104 valence electrons. The normalized spacial score (nSPS) is 35.1. The van der Waals surface area contributed by atoms with Crippen molar-refractivity contribution in [1.29, 1.82) is 0 Å². The number of carbonyl (C=O) groups excluding carboxylic acids is 2. The molecular formula is C12H18BNO5. The van der Waals surface area contributed by atoms with Crippen molar-refractivity contribution >= 4 is 18.3 Å². The molecule has 0 spiro atoms. The van der Waals surface area contributed by atoms with Crippen LogP contribution in [0.2, 0.25) is 0 Å². The van der Waals surface area contributed by atoms with Crippen molar-refractivity contribution in [3.63, 3.8) is 0 Å². The van der Waals surface area contributed by atoms with Gasteiger partial charge in [-0.1, -0.05) is 19.3 Å². The van der Waals surface area contributed by atoms with Gasteiger partial charge in [0.1, 0.15) is 6.42 Å². The second-order valence-electron chi connectivity index (χ2n) is 5.68. The van der Waals surface area contributed by atoms with Crippen molar-refractivity contribution in [2.24, 2.45) is 0 Å². The van der Waals surface area contributed by atoms with Crippen molar-refractivity contribution in [1.82, 2.24) is 5.32 Å². The summed E-state index contributed by atoms with van der Waals surface area (Å²) in [5.41, 5.74) is 0. The van der Waals surface area contributed by atoms with Crippen molar-refractivity contribution in [2.45, 2.75) is 57.3 Å². The van der Waals surface area contributed by atoms with Gasteiger partial charge in [0, 0.05) is 6.04 Å². The summed E-state index contributed by atoms with van der Waals surface area (Å²) in [6, 6.07) is 0.124. The zero-order chi connectivity index (χ0) is 13.5. The van der Waals surface area contributed by atoms with Gasteiger partial charge >= 0.3 is 12.5 Å². The summed E-state index contributed by atoms with van der Waals surface area (Å²) < 4.78 is 10.4. The average molecular weight is 267 g/mol.